The Balaban J connectivity index is 1.05. The lowest BCUT2D eigenvalue weighted by atomic mass is 9.89. The Morgan fingerprint density at radius 2 is 1.84 bits per heavy atom. The first-order chi connectivity index (χ1) is 21.6. The van der Waals surface area contributed by atoms with Crippen molar-refractivity contribution >= 4 is 52.5 Å². The minimum Gasteiger partial charge on any atom is -0.381 e. The van der Waals surface area contributed by atoms with Crippen LogP contribution in [0.1, 0.15) is 49.7 Å². The predicted octanol–water partition coefficient (Wildman–Crippen LogP) is 4.16. The SMILES string of the molecule is CC1(N)CCN(c2cnc(Sc3cccc(N4CCN(Cc5ccc(C6CCC(=O)NC6=O)c(F)c5)CC4)c3Cl)c(N)n2)CC1. The van der Waals surface area contributed by atoms with Gasteiger partial charge in [-0.25, -0.2) is 14.4 Å². The molecule has 2 amide bonds. The van der Waals surface area contributed by atoms with Crippen LogP contribution >= 0.6 is 23.4 Å². The van der Waals surface area contributed by atoms with Crippen molar-refractivity contribution in [1.82, 2.24) is 20.2 Å². The van der Waals surface area contributed by atoms with Crippen molar-refractivity contribution in [2.75, 3.05) is 54.8 Å². The van der Waals surface area contributed by atoms with Gasteiger partial charge < -0.3 is 21.3 Å². The summed E-state index contributed by atoms with van der Waals surface area (Å²) in [5.41, 5.74) is 14.6. The molecule has 3 saturated heterocycles. The van der Waals surface area contributed by atoms with Gasteiger partial charge in [0, 0.05) is 68.2 Å². The summed E-state index contributed by atoms with van der Waals surface area (Å²) >= 11 is 8.34. The van der Waals surface area contributed by atoms with E-state index >= 15 is 4.39 Å². The van der Waals surface area contributed by atoms with E-state index in [9.17, 15) is 9.59 Å². The number of anilines is 3. The van der Waals surface area contributed by atoms with Crippen LogP contribution in [0.2, 0.25) is 5.02 Å². The van der Waals surface area contributed by atoms with Gasteiger partial charge in [-0.05, 0) is 49.9 Å². The normalized spacial score (nSPS) is 20.8. The lowest BCUT2D eigenvalue weighted by molar-refractivity contribution is -0.134. The van der Waals surface area contributed by atoms with Crippen LogP contribution in [0.4, 0.5) is 21.7 Å². The third kappa shape index (κ3) is 7.19. The van der Waals surface area contributed by atoms with Crippen molar-refractivity contribution in [1.29, 1.82) is 0 Å². The van der Waals surface area contributed by atoms with E-state index in [4.69, 9.17) is 23.1 Å². The highest BCUT2D eigenvalue weighted by molar-refractivity contribution is 7.99. The summed E-state index contributed by atoms with van der Waals surface area (Å²) in [4.78, 5) is 40.5. The van der Waals surface area contributed by atoms with Crippen LogP contribution in [-0.2, 0) is 16.1 Å². The maximum atomic E-state index is 15.0. The number of carbonyl (C=O) groups is 2. The quantitative estimate of drug-likeness (QED) is 0.320. The molecule has 45 heavy (non-hydrogen) atoms. The van der Waals surface area contributed by atoms with Crippen LogP contribution in [0.25, 0.3) is 0 Å². The summed E-state index contributed by atoms with van der Waals surface area (Å²) < 4.78 is 15.0. The zero-order valence-electron chi connectivity index (χ0n) is 25.3. The van der Waals surface area contributed by atoms with E-state index in [0.717, 1.165) is 74.1 Å². The topological polar surface area (TPSA) is 134 Å². The third-order valence-electron chi connectivity index (χ3n) is 8.93. The minimum absolute atomic E-state index is 0.146. The third-order valence-corrected chi connectivity index (χ3v) is 10.5. The number of nitrogens with one attached hydrogen (secondary N) is 1. The molecule has 1 aromatic heterocycles. The number of halogens is 2. The zero-order chi connectivity index (χ0) is 31.7. The van der Waals surface area contributed by atoms with Gasteiger partial charge in [-0.1, -0.05) is 41.6 Å². The van der Waals surface area contributed by atoms with Crippen LogP contribution in [0, 0.1) is 5.82 Å². The summed E-state index contributed by atoms with van der Waals surface area (Å²) in [6.07, 6.45) is 4.09. The summed E-state index contributed by atoms with van der Waals surface area (Å²) in [7, 11) is 0. The molecule has 3 aromatic rings. The van der Waals surface area contributed by atoms with Gasteiger partial charge in [-0.2, -0.15) is 0 Å². The number of imide groups is 1. The second kappa shape index (κ2) is 13.1. The van der Waals surface area contributed by atoms with E-state index in [1.54, 1.807) is 12.3 Å². The molecule has 0 radical (unpaired) electrons. The molecule has 238 valence electrons. The van der Waals surface area contributed by atoms with Crippen LogP contribution in [0.15, 0.2) is 52.5 Å². The van der Waals surface area contributed by atoms with Gasteiger partial charge in [-0.3, -0.25) is 19.8 Å². The van der Waals surface area contributed by atoms with Crippen molar-refractivity contribution in [3.05, 3.63) is 64.6 Å². The van der Waals surface area contributed by atoms with E-state index in [-0.39, 0.29) is 17.9 Å². The van der Waals surface area contributed by atoms with Crippen molar-refractivity contribution in [3.8, 4) is 0 Å². The Labute approximate surface area is 271 Å². The predicted molar refractivity (Wildman–Crippen MR) is 175 cm³/mol. The largest absolute Gasteiger partial charge is 0.381 e. The minimum atomic E-state index is -0.634. The highest BCUT2D eigenvalue weighted by Crippen LogP contribution is 2.40. The second-order valence-electron chi connectivity index (χ2n) is 12.4. The molecule has 3 aliphatic heterocycles. The smallest absolute Gasteiger partial charge is 0.234 e. The number of hydrogen-bond donors (Lipinski definition) is 3. The number of piperidine rings is 2. The lowest BCUT2D eigenvalue weighted by Gasteiger charge is -2.37. The molecule has 3 aliphatic rings. The van der Waals surface area contributed by atoms with E-state index in [0.29, 0.717) is 34.4 Å². The van der Waals surface area contributed by atoms with E-state index in [2.05, 4.69) is 36.9 Å². The Morgan fingerprint density at radius 1 is 1.09 bits per heavy atom. The molecule has 10 nitrogen and oxygen atoms in total. The summed E-state index contributed by atoms with van der Waals surface area (Å²) in [5, 5.41) is 3.56. The van der Waals surface area contributed by atoms with Crippen molar-refractivity contribution in [3.63, 3.8) is 0 Å². The van der Waals surface area contributed by atoms with Crippen molar-refractivity contribution in [2.24, 2.45) is 5.73 Å². The van der Waals surface area contributed by atoms with Gasteiger partial charge in [0.2, 0.25) is 11.8 Å². The summed E-state index contributed by atoms with van der Waals surface area (Å²) in [5.74, 6) is -0.652. The molecule has 0 bridgehead atoms. The van der Waals surface area contributed by atoms with E-state index < -0.39 is 17.6 Å². The molecule has 13 heteroatoms. The molecular weight excluding hydrogens is 615 g/mol. The van der Waals surface area contributed by atoms with Crippen molar-refractivity contribution in [2.45, 2.75) is 60.5 Å². The van der Waals surface area contributed by atoms with Gasteiger partial charge in [0.05, 0.1) is 22.8 Å². The number of aromatic nitrogens is 2. The number of rotatable bonds is 7. The molecule has 0 saturated carbocycles. The molecule has 0 spiro atoms. The number of nitrogens with two attached hydrogens (primary N) is 2. The van der Waals surface area contributed by atoms with Gasteiger partial charge in [-0.15, -0.1) is 0 Å². The van der Waals surface area contributed by atoms with Gasteiger partial charge >= 0.3 is 0 Å². The highest BCUT2D eigenvalue weighted by Gasteiger charge is 2.30. The number of piperazine rings is 1. The number of benzene rings is 2. The number of nitrogen functional groups attached to an aromatic ring is 1. The second-order valence-corrected chi connectivity index (χ2v) is 13.8. The van der Waals surface area contributed by atoms with Crippen LogP contribution in [0.5, 0.6) is 0 Å². The lowest BCUT2D eigenvalue weighted by Crippen LogP contribution is -2.48. The molecule has 1 unspecified atom stereocenters. The maximum Gasteiger partial charge on any atom is 0.234 e. The monoisotopic (exact) mass is 652 g/mol. The molecule has 3 fully saturated rings. The van der Waals surface area contributed by atoms with Gasteiger partial charge in [0.25, 0.3) is 0 Å². The molecule has 6 rings (SSSR count). The average Bonchev–Trinajstić information content (AvgIpc) is 3.00. The van der Waals surface area contributed by atoms with Crippen LogP contribution in [-0.4, -0.2) is 71.5 Å². The first-order valence-corrected chi connectivity index (χ1v) is 16.5. The first-order valence-electron chi connectivity index (χ1n) is 15.3. The number of nitrogens with zero attached hydrogens (tertiary/aromatic N) is 5. The number of amides is 2. The van der Waals surface area contributed by atoms with Gasteiger partial charge in [0.15, 0.2) is 5.82 Å². The molecular formula is C32H38ClFN8O2S. The summed E-state index contributed by atoms with van der Waals surface area (Å²) in [6, 6.07) is 11.0. The fourth-order valence-corrected chi connectivity index (χ4v) is 7.30. The fraction of sp³-hybridized carbons (Fsp3) is 0.438. The highest BCUT2D eigenvalue weighted by atomic mass is 35.5. The van der Waals surface area contributed by atoms with E-state index in [1.165, 1.54) is 17.8 Å². The van der Waals surface area contributed by atoms with E-state index in [1.807, 2.05) is 24.3 Å². The molecule has 4 heterocycles. The first kappa shape index (κ1) is 31.5. The van der Waals surface area contributed by atoms with Crippen LogP contribution in [0.3, 0.4) is 0 Å². The fourth-order valence-electron chi connectivity index (χ4n) is 6.13. The summed E-state index contributed by atoms with van der Waals surface area (Å²) in [6.45, 7) is 7.41. The Hall–Kier alpha value is -3.45. The Morgan fingerprint density at radius 3 is 2.53 bits per heavy atom. The molecule has 0 aliphatic carbocycles. The number of carbonyl (C=O) groups excluding carboxylic acids is 2. The maximum absolute atomic E-state index is 15.0. The molecule has 2 aromatic carbocycles. The average molecular weight is 653 g/mol. The molecule has 5 N–H and O–H groups in total. The standard InChI is InChI=1S/C32H38ClFN8O2S/c1-32(36)9-11-42(12-10-32)26-18-37-31(29(35)38-26)45-25-4-2-3-24(28(25)33)41-15-13-40(14-16-41)19-20-5-6-21(23(34)17-20)22-7-8-27(43)39-30(22)44/h2-6,17-18,22H,7-16,19,36H2,1H3,(H2,35,38)(H,39,43,44). The van der Waals surface area contributed by atoms with Crippen molar-refractivity contribution < 1.29 is 14.0 Å². The molecule has 1 atom stereocenters. The van der Waals surface area contributed by atoms with Gasteiger partial charge in [0.1, 0.15) is 16.7 Å². The zero-order valence-corrected chi connectivity index (χ0v) is 26.8. The Kier molecular flexibility index (Phi) is 9.19. The Bertz CT molecular complexity index is 1590. The number of hydrogen-bond acceptors (Lipinski definition) is 10. The van der Waals surface area contributed by atoms with Crippen LogP contribution < -0.4 is 26.6 Å².